The largest absolute Gasteiger partial charge is 0.322 e. The number of nitrogens with one attached hydrogen (secondary N) is 1. The van der Waals surface area contributed by atoms with Crippen molar-refractivity contribution < 1.29 is 0 Å². The Kier molecular flexibility index (Phi) is 6.93. The molecule has 2 aromatic heterocycles. The fraction of sp³-hybridized carbons (Fsp3) is 0.407. The number of aromatic amines is 1. The highest BCUT2D eigenvalue weighted by Crippen LogP contribution is 2.30. The van der Waals surface area contributed by atoms with E-state index in [9.17, 15) is 4.79 Å². The number of hydrogen-bond donors (Lipinski definition) is 1. The van der Waals surface area contributed by atoms with Crippen molar-refractivity contribution in [2.45, 2.75) is 72.1 Å². The zero-order chi connectivity index (χ0) is 24.3. The molecule has 0 spiro atoms. The second-order valence-electron chi connectivity index (χ2n) is 10.0. The molecule has 0 amide bonds. The predicted octanol–water partition coefficient (Wildman–Crippen LogP) is 5.12. The molecule has 1 atom stereocenters. The molecule has 0 radical (unpaired) electrons. The molecule has 7 nitrogen and oxygen atoms in total. The molecule has 4 aromatic rings. The number of benzene rings is 2. The number of rotatable bonds is 8. The summed E-state index contributed by atoms with van der Waals surface area (Å²) in [4.78, 5) is 18.5. The monoisotopic (exact) mass is 458 g/mol. The summed E-state index contributed by atoms with van der Waals surface area (Å²) in [5.74, 6) is 0.832. The van der Waals surface area contributed by atoms with Crippen molar-refractivity contribution in [3.05, 3.63) is 87.5 Å². The molecule has 0 aliphatic rings. The van der Waals surface area contributed by atoms with Gasteiger partial charge in [-0.1, -0.05) is 55.8 Å². The summed E-state index contributed by atoms with van der Waals surface area (Å²) < 4.78 is 1.92. The highest BCUT2D eigenvalue weighted by molar-refractivity contribution is 5.79. The van der Waals surface area contributed by atoms with E-state index in [4.69, 9.17) is 0 Å². The van der Waals surface area contributed by atoms with E-state index in [0.29, 0.717) is 13.1 Å². The minimum absolute atomic E-state index is 0.0347. The second kappa shape index (κ2) is 9.89. The van der Waals surface area contributed by atoms with Crippen molar-refractivity contribution in [3.63, 3.8) is 0 Å². The van der Waals surface area contributed by atoms with E-state index in [0.717, 1.165) is 40.7 Å². The summed E-state index contributed by atoms with van der Waals surface area (Å²) in [6, 6.07) is 18.5. The first-order chi connectivity index (χ1) is 16.3. The number of hydrogen-bond acceptors (Lipinski definition) is 5. The van der Waals surface area contributed by atoms with Crippen molar-refractivity contribution in [3.8, 4) is 0 Å². The summed E-state index contributed by atoms with van der Waals surface area (Å²) in [5.41, 5.74) is 3.61. The lowest BCUT2D eigenvalue weighted by Crippen LogP contribution is -2.35. The van der Waals surface area contributed by atoms with E-state index in [1.165, 1.54) is 5.56 Å². The van der Waals surface area contributed by atoms with Gasteiger partial charge in [0.2, 0.25) is 0 Å². The first kappa shape index (κ1) is 23.8. The summed E-state index contributed by atoms with van der Waals surface area (Å²) in [6.45, 7) is 11.7. The highest BCUT2D eigenvalue weighted by atomic mass is 16.1. The fourth-order valence-electron chi connectivity index (χ4n) is 4.42. The van der Waals surface area contributed by atoms with Gasteiger partial charge in [-0.3, -0.25) is 9.69 Å². The molecule has 0 fully saturated rings. The normalized spacial score (nSPS) is 13.0. The highest BCUT2D eigenvalue weighted by Gasteiger charge is 2.30. The van der Waals surface area contributed by atoms with Crippen LogP contribution in [-0.4, -0.2) is 30.1 Å². The van der Waals surface area contributed by atoms with Crippen LogP contribution < -0.4 is 5.56 Å². The number of aryl methyl sites for hydroxylation is 1. The average molecular weight is 459 g/mol. The lowest BCUT2D eigenvalue weighted by molar-refractivity contribution is 0.148. The van der Waals surface area contributed by atoms with E-state index >= 15 is 0 Å². The van der Waals surface area contributed by atoms with Gasteiger partial charge in [-0.05, 0) is 73.2 Å². The van der Waals surface area contributed by atoms with Gasteiger partial charge in [-0.25, -0.2) is 4.68 Å². The molecule has 0 aliphatic carbocycles. The lowest BCUT2D eigenvalue weighted by atomic mass is 10.0. The number of nitrogens with zero attached hydrogens (tertiary/aromatic N) is 5. The van der Waals surface area contributed by atoms with Crippen LogP contribution in [0.1, 0.15) is 69.1 Å². The molecule has 1 N–H and O–H groups in total. The Morgan fingerprint density at radius 3 is 2.53 bits per heavy atom. The van der Waals surface area contributed by atoms with Gasteiger partial charge in [0, 0.05) is 24.2 Å². The van der Waals surface area contributed by atoms with Crippen molar-refractivity contribution in [1.82, 2.24) is 30.1 Å². The maximum absolute atomic E-state index is 13.1. The van der Waals surface area contributed by atoms with Crippen LogP contribution in [0.25, 0.3) is 10.9 Å². The minimum atomic E-state index is -0.248. The molecule has 7 heteroatoms. The third-order valence-electron chi connectivity index (χ3n) is 6.11. The van der Waals surface area contributed by atoms with Crippen molar-refractivity contribution in [2.75, 3.05) is 0 Å². The third-order valence-corrected chi connectivity index (χ3v) is 6.11. The van der Waals surface area contributed by atoms with Crippen LogP contribution in [0.2, 0.25) is 0 Å². The molecule has 0 unspecified atom stereocenters. The molecule has 0 saturated heterocycles. The third kappa shape index (κ3) is 5.25. The van der Waals surface area contributed by atoms with Gasteiger partial charge in [0.15, 0.2) is 5.82 Å². The quantitative estimate of drug-likeness (QED) is 0.396. The number of tetrazole rings is 1. The Balaban J connectivity index is 1.78. The molecule has 2 heterocycles. The molecule has 2 aromatic carbocycles. The standard InChI is InChI=1S/C27H34N6O/c1-6-10-24(25-29-30-31-33(25)27(3,4)5)32(17-20-11-8-7-9-12-20)18-22-16-21-14-13-19(2)15-23(21)28-26(22)34/h7-9,11-16,24H,6,10,17-18H2,1-5H3,(H,28,34)/t24-/m0/s1. The number of fused-ring (bicyclic) bond motifs is 1. The number of H-pyrrole nitrogens is 1. The van der Waals surface area contributed by atoms with Crippen LogP contribution in [-0.2, 0) is 18.6 Å². The molecular weight excluding hydrogens is 424 g/mol. The zero-order valence-corrected chi connectivity index (χ0v) is 20.7. The Morgan fingerprint density at radius 2 is 1.82 bits per heavy atom. The van der Waals surface area contributed by atoms with Crippen molar-refractivity contribution >= 4 is 10.9 Å². The van der Waals surface area contributed by atoms with Crippen LogP contribution in [0.5, 0.6) is 0 Å². The first-order valence-corrected chi connectivity index (χ1v) is 12.0. The second-order valence-corrected chi connectivity index (χ2v) is 10.0. The van der Waals surface area contributed by atoms with Gasteiger partial charge in [0.1, 0.15) is 0 Å². The SMILES string of the molecule is CCC[C@@H](c1nnnn1C(C)(C)C)N(Cc1ccccc1)Cc1cc2ccc(C)cc2[nH]c1=O. The topological polar surface area (TPSA) is 79.7 Å². The van der Waals surface area contributed by atoms with E-state index in [-0.39, 0.29) is 17.1 Å². The number of aromatic nitrogens is 5. The molecule has 178 valence electrons. The minimum Gasteiger partial charge on any atom is -0.322 e. The first-order valence-electron chi connectivity index (χ1n) is 12.0. The van der Waals surface area contributed by atoms with Gasteiger partial charge >= 0.3 is 0 Å². The van der Waals surface area contributed by atoms with Crippen molar-refractivity contribution in [1.29, 1.82) is 0 Å². The molecule has 0 saturated carbocycles. The maximum atomic E-state index is 13.1. The summed E-state index contributed by atoms with van der Waals surface area (Å²) >= 11 is 0. The van der Waals surface area contributed by atoms with E-state index in [1.807, 2.05) is 41.9 Å². The van der Waals surface area contributed by atoms with E-state index in [2.05, 4.69) is 77.4 Å². The smallest absolute Gasteiger partial charge is 0.252 e. The van der Waals surface area contributed by atoms with Gasteiger partial charge in [0.25, 0.3) is 5.56 Å². The van der Waals surface area contributed by atoms with Crippen molar-refractivity contribution in [2.24, 2.45) is 0 Å². The number of pyridine rings is 1. The Bertz CT molecular complexity index is 1300. The Hall–Kier alpha value is -3.32. The summed E-state index contributed by atoms with van der Waals surface area (Å²) in [6.07, 6.45) is 1.86. The van der Waals surface area contributed by atoms with Crippen LogP contribution in [0.4, 0.5) is 0 Å². The van der Waals surface area contributed by atoms with Gasteiger partial charge in [-0.15, -0.1) is 5.10 Å². The van der Waals surface area contributed by atoms with Gasteiger partial charge < -0.3 is 4.98 Å². The lowest BCUT2D eigenvalue weighted by Gasteiger charge is -2.33. The van der Waals surface area contributed by atoms with Crippen LogP contribution >= 0.6 is 0 Å². The van der Waals surface area contributed by atoms with E-state index < -0.39 is 0 Å². The van der Waals surface area contributed by atoms with Crippen LogP contribution in [0.15, 0.2) is 59.4 Å². The fourth-order valence-corrected chi connectivity index (χ4v) is 4.42. The molecule has 0 aliphatic heterocycles. The maximum Gasteiger partial charge on any atom is 0.252 e. The molecule has 4 rings (SSSR count). The zero-order valence-electron chi connectivity index (χ0n) is 20.7. The van der Waals surface area contributed by atoms with E-state index in [1.54, 1.807) is 0 Å². The molecule has 34 heavy (non-hydrogen) atoms. The van der Waals surface area contributed by atoms with Crippen LogP contribution in [0, 0.1) is 6.92 Å². The van der Waals surface area contributed by atoms with Crippen LogP contribution in [0.3, 0.4) is 0 Å². The van der Waals surface area contributed by atoms with Gasteiger partial charge in [-0.2, -0.15) is 0 Å². The summed E-state index contributed by atoms with van der Waals surface area (Å²) in [5, 5.41) is 13.8. The Labute approximate surface area is 200 Å². The molecular formula is C27H34N6O. The van der Waals surface area contributed by atoms with Gasteiger partial charge in [0.05, 0.1) is 11.6 Å². The molecule has 0 bridgehead atoms. The Morgan fingerprint density at radius 1 is 1.06 bits per heavy atom. The average Bonchev–Trinajstić information content (AvgIpc) is 3.29. The summed E-state index contributed by atoms with van der Waals surface area (Å²) in [7, 11) is 0. The predicted molar refractivity (Wildman–Crippen MR) is 135 cm³/mol.